The van der Waals surface area contributed by atoms with Gasteiger partial charge >= 0.3 is 0 Å². The number of piperidine rings is 1. The predicted octanol–water partition coefficient (Wildman–Crippen LogP) is 2.11. The summed E-state index contributed by atoms with van der Waals surface area (Å²) in [4.78, 5) is 17.3. The molecule has 1 atom stereocenters. The van der Waals surface area contributed by atoms with Crippen molar-refractivity contribution in [2.75, 3.05) is 24.5 Å². The molecule has 132 valence electrons. The maximum absolute atomic E-state index is 13.0. The van der Waals surface area contributed by atoms with Crippen LogP contribution < -0.4 is 4.90 Å². The molecule has 1 saturated heterocycles. The van der Waals surface area contributed by atoms with E-state index < -0.39 is 0 Å². The van der Waals surface area contributed by atoms with E-state index in [9.17, 15) is 4.79 Å². The van der Waals surface area contributed by atoms with E-state index >= 15 is 0 Å². The monoisotopic (exact) mass is 339 g/mol. The fourth-order valence-corrected chi connectivity index (χ4v) is 4.09. The molecule has 0 radical (unpaired) electrons. The number of hydrogen-bond donors (Lipinski definition) is 0. The Labute approximate surface area is 148 Å². The minimum atomic E-state index is 0.264. The lowest BCUT2D eigenvalue weighted by Crippen LogP contribution is -2.48. The number of fused-ring (bicyclic) bond motifs is 1. The Morgan fingerprint density at radius 2 is 2.12 bits per heavy atom. The van der Waals surface area contributed by atoms with Crippen molar-refractivity contribution < 1.29 is 4.79 Å². The minimum absolute atomic E-state index is 0.264. The highest BCUT2D eigenvalue weighted by atomic mass is 16.2. The quantitative estimate of drug-likeness (QED) is 0.837. The van der Waals surface area contributed by atoms with Crippen LogP contribution in [-0.2, 0) is 17.8 Å². The van der Waals surface area contributed by atoms with E-state index in [1.54, 1.807) is 6.20 Å². The first-order valence-electron chi connectivity index (χ1n) is 9.28. The first kappa shape index (κ1) is 16.1. The largest absolute Gasteiger partial charge is 0.362 e. The van der Waals surface area contributed by atoms with E-state index in [0.717, 1.165) is 45.3 Å². The van der Waals surface area contributed by atoms with Gasteiger partial charge in [-0.25, -0.2) is 0 Å². The van der Waals surface area contributed by atoms with Crippen LogP contribution in [0.25, 0.3) is 0 Å². The average Bonchev–Trinajstić information content (AvgIpc) is 3.30. The second-order valence-electron chi connectivity index (χ2n) is 6.99. The number of amides is 1. The third-order valence-electron chi connectivity index (χ3n) is 5.42. The molecule has 1 aromatic heterocycles. The van der Waals surface area contributed by atoms with Crippen molar-refractivity contribution in [3.63, 3.8) is 0 Å². The lowest BCUT2D eigenvalue weighted by atomic mass is 9.99. The van der Waals surface area contributed by atoms with Gasteiger partial charge in [0.25, 0.3) is 0 Å². The maximum atomic E-state index is 13.0. The molecule has 1 fully saturated rings. The van der Waals surface area contributed by atoms with E-state index in [-0.39, 0.29) is 5.91 Å². The van der Waals surface area contributed by atoms with Gasteiger partial charge in [0.2, 0.25) is 5.91 Å². The molecular weight excluding hydrogens is 314 g/mol. The Morgan fingerprint density at radius 3 is 3.00 bits per heavy atom. The smallest absolute Gasteiger partial charge is 0.242 e. The van der Waals surface area contributed by atoms with E-state index in [0.29, 0.717) is 12.6 Å². The van der Waals surface area contributed by atoms with Crippen LogP contribution in [0.1, 0.15) is 31.2 Å². The van der Waals surface area contributed by atoms with Crippen LogP contribution in [0.15, 0.2) is 36.7 Å². The molecule has 6 nitrogen and oxygen atoms in total. The second-order valence-corrected chi connectivity index (χ2v) is 6.99. The van der Waals surface area contributed by atoms with Crippen LogP contribution in [0.5, 0.6) is 0 Å². The fraction of sp³-hybridized carbons (Fsp3) is 0.526. The van der Waals surface area contributed by atoms with Crippen LogP contribution in [0, 0.1) is 0 Å². The highest BCUT2D eigenvalue weighted by molar-refractivity contribution is 5.82. The fourth-order valence-electron chi connectivity index (χ4n) is 4.09. The molecular formula is C19H25N5O. The van der Waals surface area contributed by atoms with Crippen molar-refractivity contribution in [1.82, 2.24) is 19.9 Å². The summed E-state index contributed by atoms with van der Waals surface area (Å²) in [5.74, 6) is 0.264. The number of carbonyl (C=O) groups excluding carboxylic acids is 1. The summed E-state index contributed by atoms with van der Waals surface area (Å²) in [6.45, 7) is 3.15. The van der Waals surface area contributed by atoms with Crippen molar-refractivity contribution in [3.8, 4) is 0 Å². The lowest BCUT2D eigenvalue weighted by Gasteiger charge is -2.37. The van der Waals surface area contributed by atoms with Gasteiger partial charge in [-0.3, -0.25) is 9.48 Å². The molecule has 0 spiro atoms. The van der Waals surface area contributed by atoms with Gasteiger partial charge in [-0.2, -0.15) is 0 Å². The molecule has 2 aliphatic rings. The van der Waals surface area contributed by atoms with Crippen LogP contribution in [0.2, 0.25) is 0 Å². The second kappa shape index (κ2) is 7.25. The zero-order chi connectivity index (χ0) is 17.1. The summed E-state index contributed by atoms with van der Waals surface area (Å²) < 4.78 is 1.86. The average molecular weight is 339 g/mol. The number of nitrogens with zero attached hydrogens (tertiary/aromatic N) is 5. The Hall–Kier alpha value is -2.37. The molecule has 2 aromatic rings. The SMILES string of the molecule is O=C(CN1CCc2ccccc21)N1CCCCC1CCn1ccnn1. The number of hydrogen-bond acceptors (Lipinski definition) is 4. The lowest BCUT2D eigenvalue weighted by molar-refractivity contribution is -0.133. The van der Waals surface area contributed by atoms with Crippen molar-refractivity contribution in [3.05, 3.63) is 42.2 Å². The van der Waals surface area contributed by atoms with Gasteiger partial charge in [-0.05, 0) is 43.7 Å². The summed E-state index contributed by atoms with van der Waals surface area (Å²) in [5.41, 5.74) is 2.59. The number of likely N-dealkylation sites (tertiary alicyclic amines) is 1. The third kappa shape index (κ3) is 3.52. The summed E-state index contributed by atoms with van der Waals surface area (Å²) >= 11 is 0. The van der Waals surface area contributed by atoms with Crippen molar-refractivity contribution in [2.24, 2.45) is 0 Å². The normalized spacial score (nSPS) is 19.9. The standard InChI is InChI=1S/C19H25N5O/c25-19(15-22-12-8-16-5-1-2-7-18(16)22)24-11-4-3-6-17(24)9-13-23-14-10-20-21-23/h1-2,5,7,10,14,17H,3-4,6,8-9,11-13,15H2. The zero-order valence-electron chi connectivity index (χ0n) is 14.5. The molecule has 1 aromatic carbocycles. The number of anilines is 1. The molecule has 25 heavy (non-hydrogen) atoms. The Bertz CT molecular complexity index is 714. The molecule has 2 aliphatic heterocycles. The van der Waals surface area contributed by atoms with Gasteiger partial charge < -0.3 is 9.80 Å². The van der Waals surface area contributed by atoms with Crippen LogP contribution >= 0.6 is 0 Å². The van der Waals surface area contributed by atoms with Crippen molar-refractivity contribution in [1.29, 1.82) is 0 Å². The summed E-state index contributed by atoms with van der Waals surface area (Å²) in [6.07, 6.45) is 8.99. The van der Waals surface area contributed by atoms with Crippen LogP contribution in [-0.4, -0.2) is 51.5 Å². The summed E-state index contributed by atoms with van der Waals surface area (Å²) in [7, 11) is 0. The first-order valence-corrected chi connectivity index (χ1v) is 9.28. The molecule has 1 unspecified atom stereocenters. The summed E-state index contributed by atoms with van der Waals surface area (Å²) in [5, 5.41) is 7.89. The predicted molar refractivity (Wildman–Crippen MR) is 96.4 cm³/mol. The van der Waals surface area contributed by atoms with Crippen LogP contribution in [0.4, 0.5) is 5.69 Å². The first-order chi connectivity index (χ1) is 12.3. The number of rotatable bonds is 5. The van der Waals surface area contributed by atoms with Gasteiger partial charge in [-0.1, -0.05) is 23.4 Å². The zero-order valence-corrected chi connectivity index (χ0v) is 14.5. The third-order valence-corrected chi connectivity index (χ3v) is 5.42. The minimum Gasteiger partial charge on any atom is -0.362 e. The van der Waals surface area contributed by atoms with Gasteiger partial charge in [0.15, 0.2) is 0 Å². The number of carbonyl (C=O) groups is 1. The molecule has 6 heteroatoms. The molecule has 1 amide bonds. The van der Waals surface area contributed by atoms with Gasteiger partial charge in [-0.15, -0.1) is 5.10 Å². The highest BCUT2D eigenvalue weighted by Gasteiger charge is 2.29. The number of aryl methyl sites for hydroxylation is 1. The van der Waals surface area contributed by atoms with E-state index in [4.69, 9.17) is 0 Å². The maximum Gasteiger partial charge on any atom is 0.242 e. The van der Waals surface area contributed by atoms with E-state index in [2.05, 4.69) is 44.4 Å². The highest BCUT2D eigenvalue weighted by Crippen LogP contribution is 2.28. The topological polar surface area (TPSA) is 54.3 Å². The number of para-hydroxylation sites is 1. The molecule has 0 bridgehead atoms. The van der Waals surface area contributed by atoms with Gasteiger partial charge in [0.05, 0.1) is 12.7 Å². The van der Waals surface area contributed by atoms with Crippen molar-refractivity contribution in [2.45, 2.75) is 44.7 Å². The van der Waals surface area contributed by atoms with Crippen LogP contribution in [0.3, 0.4) is 0 Å². The summed E-state index contributed by atoms with van der Waals surface area (Å²) in [6, 6.07) is 8.76. The molecule has 3 heterocycles. The van der Waals surface area contributed by atoms with Gasteiger partial charge in [0.1, 0.15) is 0 Å². The van der Waals surface area contributed by atoms with Gasteiger partial charge in [0, 0.05) is 37.6 Å². The molecule has 0 N–H and O–H groups in total. The van der Waals surface area contributed by atoms with E-state index in [1.165, 1.54) is 17.7 Å². The number of benzene rings is 1. The number of aromatic nitrogens is 3. The Morgan fingerprint density at radius 1 is 1.20 bits per heavy atom. The Balaban J connectivity index is 1.39. The molecule has 0 aliphatic carbocycles. The molecule has 0 saturated carbocycles. The van der Waals surface area contributed by atoms with Crippen molar-refractivity contribution >= 4 is 11.6 Å². The Kier molecular flexibility index (Phi) is 4.68. The van der Waals surface area contributed by atoms with E-state index in [1.807, 2.05) is 10.9 Å². The molecule has 4 rings (SSSR count).